The van der Waals surface area contributed by atoms with Gasteiger partial charge in [-0.05, 0) is 12.5 Å². The lowest BCUT2D eigenvalue weighted by atomic mass is 10.2. The second-order valence-corrected chi connectivity index (χ2v) is 2.97. The van der Waals surface area contributed by atoms with Crippen LogP contribution >= 0.6 is 0 Å². The van der Waals surface area contributed by atoms with Gasteiger partial charge in [-0.1, -0.05) is 44.2 Å². The molecule has 0 saturated heterocycles. The van der Waals surface area contributed by atoms with E-state index in [1.54, 1.807) is 6.33 Å². The van der Waals surface area contributed by atoms with Crippen LogP contribution in [0.1, 0.15) is 25.2 Å². The summed E-state index contributed by atoms with van der Waals surface area (Å²) in [7, 11) is 0. The van der Waals surface area contributed by atoms with Gasteiger partial charge >= 0.3 is 0 Å². The van der Waals surface area contributed by atoms with E-state index >= 15 is 0 Å². The van der Waals surface area contributed by atoms with Crippen LogP contribution in [0.15, 0.2) is 36.7 Å². The van der Waals surface area contributed by atoms with Crippen LogP contribution in [0.3, 0.4) is 0 Å². The SMILES string of the molecule is CC.Cc1ncn(Cc2ccccc2)n1. The fourth-order valence-corrected chi connectivity index (χ4v) is 1.23. The molecule has 3 nitrogen and oxygen atoms in total. The van der Waals surface area contributed by atoms with Gasteiger partial charge in [-0.15, -0.1) is 0 Å². The molecule has 80 valence electrons. The van der Waals surface area contributed by atoms with E-state index in [0.717, 1.165) is 12.4 Å². The summed E-state index contributed by atoms with van der Waals surface area (Å²) in [5.74, 6) is 0.816. The van der Waals surface area contributed by atoms with Crippen molar-refractivity contribution in [1.82, 2.24) is 14.8 Å². The Bertz CT molecular complexity index is 379. The summed E-state index contributed by atoms with van der Waals surface area (Å²) in [6, 6.07) is 10.2. The third-order valence-electron chi connectivity index (χ3n) is 1.84. The van der Waals surface area contributed by atoms with E-state index in [0.29, 0.717) is 0 Å². The Kier molecular flexibility index (Phi) is 4.54. The van der Waals surface area contributed by atoms with Crippen molar-refractivity contribution in [2.75, 3.05) is 0 Å². The van der Waals surface area contributed by atoms with E-state index < -0.39 is 0 Å². The van der Waals surface area contributed by atoms with E-state index in [9.17, 15) is 0 Å². The molecule has 0 aliphatic carbocycles. The Morgan fingerprint density at radius 2 is 1.80 bits per heavy atom. The van der Waals surface area contributed by atoms with Crippen molar-refractivity contribution in [3.8, 4) is 0 Å². The molecule has 0 aliphatic heterocycles. The van der Waals surface area contributed by atoms with Crippen molar-refractivity contribution in [1.29, 1.82) is 0 Å². The maximum Gasteiger partial charge on any atom is 0.147 e. The molecule has 0 radical (unpaired) electrons. The first kappa shape index (κ1) is 11.4. The van der Waals surface area contributed by atoms with E-state index in [2.05, 4.69) is 22.2 Å². The highest BCUT2D eigenvalue weighted by Crippen LogP contribution is 2.00. The normalized spacial score (nSPS) is 9.27. The Hall–Kier alpha value is -1.64. The maximum absolute atomic E-state index is 4.21. The fourth-order valence-electron chi connectivity index (χ4n) is 1.23. The molecular weight excluding hydrogens is 186 g/mol. The van der Waals surface area contributed by atoms with Crippen LogP contribution in [-0.2, 0) is 6.54 Å². The highest BCUT2D eigenvalue weighted by molar-refractivity contribution is 5.14. The molecule has 2 aromatic rings. The van der Waals surface area contributed by atoms with Crippen molar-refractivity contribution < 1.29 is 0 Å². The van der Waals surface area contributed by atoms with Gasteiger partial charge in [0, 0.05) is 0 Å². The van der Waals surface area contributed by atoms with Crippen molar-refractivity contribution in [3.63, 3.8) is 0 Å². The lowest BCUT2D eigenvalue weighted by Crippen LogP contribution is -1.99. The molecule has 0 aliphatic rings. The monoisotopic (exact) mass is 203 g/mol. The highest BCUT2D eigenvalue weighted by Gasteiger charge is 1.95. The Morgan fingerprint density at radius 1 is 1.13 bits per heavy atom. The molecule has 1 aromatic carbocycles. The average molecular weight is 203 g/mol. The standard InChI is InChI=1S/C10H11N3.C2H6/c1-9-11-8-13(12-9)7-10-5-3-2-4-6-10;1-2/h2-6,8H,7H2,1H3;1-2H3. The average Bonchev–Trinajstić information content (AvgIpc) is 2.68. The summed E-state index contributed by atoms with van der Waals surface area (Å²) in [5, 5.41) is 4.21. The van der Waals surface area contributed by atoms with Crippen molar-refractivity contribution in [2.45, 2.75) is 27.3 Å². The molecule has 15 heavy (non-hydrogen) atoms. The highest BCUT2D eigenvalue weighted by atomic mass is 15.3. The van der Waals surface area contributed by atoms with Crippen LogP contribution in [0.25, 0.3) is 0 Å². The van der Waals surface area contributed by atoms with Gasteiger partial charge in [-0.3, -0.25) is 0 Å². The summed E-state index contributed by atoms with van der Waals surface area (Å²) >= 11 is 0. The Labute approximate surface area is 90.8 Å². The van der Waals surface area contributed by atoms with Gasteiger partial charge in [0.1, 0.15) is 12.2 Å². The molecule has 0 bridgehead atoms. The molecule has 0 amide bonds. The minimum Gasteiger partial charge on any atom is -0.248 e. The fraction of sp³-hybridized carbons (Fsp3) is 0.333. The minimum atomic E-state index is 0.793. The zero-order valence-corrected chi connectivity index (χ0v) is 9.51. The third kappa shape index (κ3) is 3.54. The zero-order valence-electron chi connectivity index (χ0n) is 9.51. The van der Waals surface area contributed by atoms with Crippen molar-refractivity contribution in [3.05, 3.63) is 48.0 Å². The van der Waals surface area contributed by atoms with E-state index in [1.165, 1.54) is 5.56 Å². The molecule has 2 rings (SSSR count). The predicted molar refractivity (Wildman–Crippen MR) is 61.7 cm³/mol. The van der Waals surface area contributed by atoms with E-state index in [4.69, 9.17) is 0 Å². The molecule has 0 atom stereocenters. The first-order valence-electron chi connectivity index (χ1n) is 5.24. The number of aryl methyl sites for hydroxylation is 1. The molecule has 1 aromatic heterocycles. The topological polar surface area (TPSA) is 30.7 Å². The molecule has 0 spiro atoms. The summed E-state index contributed by atoms with van der Waals surface area (Å²) < 4.78 is 1.84. The van der Waals surface area contributed by atoms with E-state index in [1.807, 2.05) is 43.7 Å². The molecular formula is C12H17N3. The van der Waals surface area contributed by atoms with Gasteiger partial charge in [0.15, 0.2) is 0 Å². The Morgan fingerprint density at radius 3 is 2.33 bits per heavy atom. The third-order valence-corrected chi connectivity index (χ3v) is 1.84. The zero-order chi connectivity index (χ0) is 11.1. The van der Waals surface area contributed by atoms with Crippen molar-refractivity contribution >= 4 is 0 Å². The van der Waals surface area contributed by atoms with Gasteiger partial charge in [0.05, 0.1) is 6.54 Å². The van der Waals surface area contributed by atoms with E-state index in [-0.39, 0.29) is 0 Å². The summed E-state index contributed by atoms with van der Waals surface area (Å²) in [6.07, 6.45) is 1.75. The number of hydrogen-bond acceptors (Lipinski definition) is 2. The second kappa shape index (κ2) is 5.96. The number of nitrogens with zero attached hydrogens (tertiary/aromatic N) is 3. The number of hydrogen-bond donors (Lipinski definition) is 0. The summed E-state index contributed by atoms with van der Waals surface area (Å²) in [5.41, 5.74) is 1.24. The van der Waals surface area contributed by atoms with Crippen LogP contribution in [0.2, 0.25) is 0 Å². The van der Waals surface area contributed by atoms with Crippen LogP contribution in [0.4, 0.5) is 0 Å². The van der Waals surface area contributed by atoms with Gasteiger partial charge in [-0.25, -0.2) is 9.67 Å². The molecule has 1 heterocycles. The van der Waals surface area contributed by atoms with Crippen LogP contribution in [-0.4, -0.2) is 14.8 Å². The lowest BCUT2D eigenvalue weighted by molar-refractivity contribution is 0.679. The number of rotatable bonds is 2. The van der Waals surface area contributed by atoms with Gasteiger partial charge in [-0.2, -0.15) is 5.10 Å². The van der Waals surface area contributed by atoms with Crippen LogP contribution in [0, 0.1) is 6.92 Å². The molecule has 0 unspecified atom stereocenters. The van der Waals surface area contributed by atoms with Crippen LogP contribution in [0.5, 0.6) is 0 Å². The van der Waals surface area contributed by atoms with Gasteiger partial charge in [0.2, 0.25) is 0 Å². The molecule has 3 heteroatoms. The predicted octanol–water partition coefficient (Wildman–Crippen LogP) is 2.66. The first-order valence-corrected chi connectivity index (χ1v) is 5.24. The minimum absolute atomic E-state index is 0.793. The Balaban J connectivity index is 0.000000531. The van der Waals surface area contributed by atoms with Gasteiger partial charge < -0.3 is 0 Å². The maximum atomic E-state index is 4.21. The second-order valence-electron chi connectivity index (χ2n) is 2.97. The number of benzene rings is 1. The first-order chi connectivity index (χ1) is 7.34. The van der Waals surface area contributed by atoms with Crippen LogP contribution < -0.4 is 0 Å². The molecule has 0 fully saturated rings. The van der Waals surface area contributed by atoms with Crippen molar-refractivity contribution in [2.24, 2.45) is 0 Å². The quantitative estimate of drug-likeness (QED) is 0.751. The van der Waals surface area contributed by atoms with Gasteiger partial charge in [0.25, 0.3) is 0 Å². The number of aromatic nitrogens is 3. The molecule has 0 N–H and O–H groups in total. The largest absolute Gasteiger partial charge is 0.248 e. The molecule has 0 saturated carbocycles. The lowest BCUT2D eigenvalue weighted by Gasteiger charge is -1.99. The smallest absolute Gasteiger partial charge is 0.147 e. The summed E-state index contributed by atoms with van der Waals surface area (Å²) in [6.45, 7) is 6.68. The summed E-state index contributed by atoms with van der Waals surface area (Å²) in [4.78, 5) is 4.06.